The highest BCUT2D eigenvalue weighted by Crippen LogP contribution is 2.35. The Kier molecular flexibility index (Phi) is 5.68. The van der Waals surface area contributed by atoms with Crippen molar-refractivity contribution in [2.45, 2.75) is 25.2 Å². The zero-order valence-electron chi connectivity index (χ0n) is 19.7. The minimum Gasteiger partial charge on any atom is -0.366 e. The number of hydrogen-bond donors (Lipinski definition) is 2. The van der Waals surface area contributed by atoms with E-state index in [4.69, 9.17) is 17.3 Å². The molecule has 1 aliphatic rings. The van der Waals surface area contributed by atoms with E-state index in [0.29, 0.717) is 27.3 Å². The molecule has 2 unspecified atom stereocenters. The van der Waals surface area contributed by atoms with Gasteiger partial charge in [-0.1, -0.05) is 54.1 Å². The summed E-state index contributed by atoms with van der Waals surface area (Å²) in [5, 5.41) is 1.32. The molecule has 0 aliphatic carbocycles. The van der Waals surface area contributed by atoms with Crippen LogP contribution in [0.1, 0.15) is 28.6 Å². The molecule has 0 spiro atoms. The maximum absolute atomic E-state index is 14.6. The number of likely N-dealkylation sites (tertiary alicyclic amines) is 1. The molecule has 7 nitrogen and oxygen atoms in total. The summed E-state index contributed by atoms with van der Waals surface area (Å²) < 4.78 is 16.3. The average molecular weight is 516 g/mol. The molecule has 186 valence electrons. The fraction of sp³-hybridized carbons (Fsp3) is 0.179. The van der Waals surface area contributed by atoms with Gasteiger partial charge in [-0.25, -0.2) is 9.37 Å². The average Bonchev–Trinajstić information content (AvgIpc) is 3.59. The molecule has 2 amide bonds. The lowest BCUT2D eigenvalue weighted by Gasteiger charge is -2.23. The van der Waals surface area contributed by atoms with Crippen molar-refractivity contribution in [3.8, 4) is 11.1 Å². The van der Waals surface area contributed by atoms with Crippen LogP contribution in [0.5, 0.6) is 0 Å². The molecule has 3 aromatic carbocycles. The van der Waals surface area contributed by atoms with E-state index in [1.165, 1.54) is 4.90 Å². The Morgan fingerprint density at radius 1 is 1.11 bits per heavy atom. The Morgan fingerprint density at radius 2 is 1.89 bits per heavy atom. The first kappa shape index (κ1) is 23.2. The zero-order chi connectivity index (χ0) is 25.7. The second kappa shape index (κ2) is 9.05. The molecule has 9 heteroatoms. The number of amides is 2. The molecule has 2 atom stereocenters. The predicted molar refractivity (Wildman–Crippen MR) is 141 cm³/mol. The van der Waals surface area contributed by atoms with Gasteiger partial charge >= 0.3 is 0 Å². The van der Waals surface area contributed by atoms with E-state index in [2.05, 4.69) is 9.97 Å². The lowest BCUT2D eigenvalue weighted by atomic mass is 10.1. The van der Waals surface area contributed by atoms with Crippen LogP contribution in [0.4, 0.5) is 4.39 Å². The highest BCUT2D eigenvalue weighted by molar-refractivity contribution is 6.33. The summed E-state index contributed by atoms with van der Waals surface area (Å²) in [4.78, 5) is 34.8. The van der Waals surface area contributed by atoms with Crippen molar-refractivity contribution in [3.05, 3.63) is 89.3 Å². The number of halogens is 2. The SMILES string of the molecule is NC(=O)c1cn(CC(=O)N2CC(F)CC2c2nc3ccc(-c4ccccc4Cl)cc3[nH]2)c2ccccc12. The molecule has 3 N–H and O–H groups in total. The van der Waals surface area contributed by atoms with Crippen LogP contribution in [0, 0.1) is 0 Å². The summed E-state index contributed by atoms with van der Waals surface area (Å²) in [7, 11) is 0. The van der Waals surface area contributed by atoms with Gasteiger partial charge < -0.3 is 20.2 Å². The van der Waals surface area contributed by atoms with Crippen LogP contribution in [0.2, 0.25) is 5.02 Å². The molecule has 0 bridgehead atoms. The van der Waals surface area contributed by atoms with Crippen molar-refractivity contribution < 1.29 is 14.0 Å². The number of carbonyl (C=O) groups is 2. The third-order valence-corrected chi connectivity index (χ3v) is 7.26. The van der Waals surface area contributed by atoms with E-state index >= 15 is 0 Å². The molecule has 0 saturated carbocycles. The van der Waals surface area contributed by atoms with Crippen molar-refractivity contribution >= 4 is 45.4 Å². The number of nitrogens with two attached hydrogens (primary N) is 1. The van der Waals surface area contributed by atoms with Gasteiger partial charge in [-0.15, -0.1) is 0 Å². The van der Waals surface area contributed by atoms with Gasteiger partial charge in [0.25, 0.3) is 5.91 Å². The van der Waals surface area contributed by atoms with E-state index in [0.717, 1.165) is 22.2 Å². The second-order valence-corrected chi connectivity index (χ2v) is 9.69. The van der Waals surface area contributed by atoms with Crippen molar-refractivity contribution in [2.24, 2.45) is 5.73 Å². The molecule has 6 rings (SSSR count). The largest absolute Gasteiger partial charge is 0.366 e. The number of H-pyrrole nitrogens is 1. The number of carbonyl (C=O) groups excluding carboxylic acids is 2. The van der Waals surface area contributed by atoms with Crippen LogP contribution >= 0.6 is 11.6 Å². The molecule has 1 saturated heterocycles. The van der Waals surface area contributed by atoms with Crippen molar-refractivity contribution in [1.82, 2.24) is 19.4 Å². The number of primary amides is 1. The van der Waals surface area contributed by atoms with Gasteiger partial charge in [0.15, 0.2) is 0 Å². The minimum absolute atomic E-state index is 0.0205. The number of imidazole rings is 1. The number of fused-ring (bicyclic) bond motifs is 2. The number of nitrogens with one attached hydrogen (secondary N) is 1. The molecule has 0 radical (unpaired) electrons. The molecule has 2 aromatic heterocycles. The predicted octanol–water partition coefficient (Wildman–Crippen LogP) is 5.25. The van der Waals surface area contributed by atoms with Crippen molar-refractivity contribution in [1.29, 1.82) is 0 Å². The van der Waals surface area contributed by atoms with Crippen LogP contribution in [0.15, 0.2) is 72.9 Å². The Labute approximate surface area is 216 Å². The number of benzene rings is 3. The van der Waals surface area contributed by atoms with E-state index in [-0.39, 0.29) is 25.4 Å². The van der Waals surface area contributed by atoms with Gasteiger partial charge in [-0.05, 0) is 29.8 Å². The van der Waals surface area contributed by atoms with E-state index in [1.54, 1.807) is 16.8 Å². The lowest BCUT2D eigenvalue weighted by Crippen LogP contribution is -2.34. The molecule has 1 aliphatic heterocycles. The van der Waals surface area contributed by atoms with Crippen molar-refractivity contribution in [2.75, 3.05) is 6.54 Å². The summed E-state index contributed by atoms with van der Waals surface area (Å²) >= 11 is 6.37. The standard InChI is InChI=1S/C28H23ClFN5O2/c29-21-7-3-1-5-18(21)16-9-10-22-23(11-16)33-28(32-22)25-12-17(30)13-35(25)26(36)15-34-14-20(27(31)37)19-6-2-4-8-24(19)34/h1-11,14,17,25H,12-13,15H2,(H2,31,37)(H,32,33). The highest BCUT2D eigenvalue weighted by Gasteiger charge is 2.38. The third kappa shape index (κ3) is 4.13. The highest BCUT2D eigenvalue weighted by atomic mass is 35.5. The van der Waals surface area contributed by atoms with Gasteiger partial charge in [0.2, 0.25) is 5.91 Å². The number of aromatic nitrogens is 3. The summed E-state index contributed by atoms with van der Waals surface area (Å²) in [6, 6.07) is 20.1. The van der Waals surface area contributed by atoms with Crippen LogP contribution in [-0.4, -0.2) is 44.0 Å². The number of alkyl halides is 1. The summed E-state index contributed by atoms with van der Waals surface area (Å²) in [5.41, 5.74) is 9.94. The topological polar surface area (TPSA) is 97.0 Å². The Bertz CT molecular complexity index is 1680. The number of para-hydroxylation sites is 1. The fourth-order valence-electron chi connectivity index (χ4n) is 5.18. The zero-order valence-corrected chi connectivity index (χ0v) is 20.5. The fourth-order valence-corrected chi connectivity index (χ4v) is 5.42. The van der Waals surface area contributed by atoms with Gasteiger partial charge in [-0.2, -0.15) is 0 Å². The Hall–Kier alpha value is -4.17. The number of hydrogen-bond acceptors (Lipinski definition) is 3. The number of aromatic amines is 1. The normalized spacial score (nSPS) is 17.6. The van der Waals surface area contributed by atoms with E-state index in [1.807, 2.05) is 60.7 Å². The van der Waals surface area contributed by atoms with Gasteiger partial charge in [0, 0.05) is 34.1 Å². The van der Waals surface area contributed by atoms with Gasteiger partial charge in [0.1, 0.15) is 18.5 Å². The maximum atomic E-state index is 14.6. The maximum Gasteiger partial charge on any atom is 0.250 e. The Morgan fingerprint density at radius 3 is 2.70 bits per heavy atom. The minimum atomic E-state index is -1.16. The van der Waals surface area contributed by atoms with E-state index < -0.39 is 18.1 Å². The van der Waals surface area contributed by atoms with E-state index in [9.17, 15) is 14.0 Å². The number of nitrogens with zero attached hydrogens (tertiary/aromatic N) is 3. The molecule has 1 fully saturated rings. The summed E-state index contributed by atoms with van der Waals surface area (Å²) in [6.45, 7) is -0.0683. The van der Waals surface area contributed by atoms with Crippen LogP contribution in [-0.2, 0) is 11.3 Å². The molecule has 3 heterocycles. The third-order valence-electron chi connectivity index (χ3n) is 6.93. The smallest absolute Gasteiger partial charge is 0.250 e. The quantitative estimate of drug-likeness (QED) is 0.334. The molecular weight excluding hydrogens is 493 g/mol. The second-order valence-electron chi connectivity index (χ2n) is 9.28. The monoisotopic (exact) mass is 515 g/mol. The molecular formula is C28H23ClFN5O2. The lowest BCUT2D eigenvalue weighted by molar-refractivity contribution is -0.133. The first-order valence-corrected chi connectivity index (χ1v) is 12.3. The Balaban J connectivity index is 1.31. The molecule has 5 aromatic rings. The van der Waals surface area contributed by atoms with Gasteiger partial charge in [-0.3, -0.25) is 9.59 Å². The number of rotatable bonds is 5. The first-order chi connectivity index (χ1) is 17.9. The molecule has 37 heavy (non-hydrogen) atoms. The van der Waals surface area contributed by atoms with Crippen molar-refractivity contribution in [3.63, 3.8) is 0 Å². The van der Waals surface area contributed by atoms with Crippen LogP contribution in [0.3, 0.4) is 0 Å². The first-order valence-electron chi connectivity index (χ1n) is 11.9. The van der Waals surface area contributed by atoms with Crippen LogP contribution in [0.25, 0.3) is 33.1 Å². The van der Waals surface area contributed by atoms with Crippen LogP contribution < -0.4 is 5.73 Å². The summed E-state index contributed by atoms with van der Waals surface area (Å²) in [5.74, 6) is -0.294. The van der Waals surface area contributed by atoms with Gasteiger partial charge in [0.05, 0.1) is 29.2 Å². The summed E-state index contributed by atoms with van der Waals surface area (Å²) in [6.07, 6.45) is 0.575.